The van der Waals surface area contributed by atoms with Crippen molar-refractivity contribution in [3.05, 3.63) is 22.9 Å². The average Bonchev–Trinajstić information content (AvgIpc) is 2.48. The summed E-state index contributed by atoms with van der Waals surface area (Å²) >= 11 is 3.16. The average molecular weight is 263 g/mol. The molecular formula is C9H15BrN2O2. The van der Waals surface area contributed by atoms with Crippen LogP contribution in [0.5, 0.6) is 0 Å². The van der Waals surface area contributed by atoms with Crippen LogP contribution in [0.4, 0.5) is 0 Å². The summed E-state index contributed by atoms with van der Waals surface area (Å²) in [6.07, 6.45) is 2.93. The van der Waals surface area contributed by atoms with Gasteiger partial charge in [0.2, 0.25) is 0 Å². The van der Waals surface area contributed by atoms with E-state index in [0.717, 1.165) is 0 Å². The number of aliphatic hydroxyl groups is 1. The summed E-state index contributed by atoms with van der Waals surface area (Å²) in [6.45, 7) is 4.24. The lowest BCUT2D eigenvalue weighted by molar-refractivity contribution is 0.177. The van der Waals surface area contributed by atoms with Crippen molar-refractivity contribution >= 4 is 15.9 Å². The van der Waals surface area contributed by atoms with Gasteiger partial charge in [0.1, 0.15) is 0 Å². The summed E-state index contributed by atoms with van der Waals surface area (Å²) < 4.78 is 3.16. The molecule has 1 N–H and O–H groups in total. The van der Waals surface area contributed by atoms with E-state index < -0.39 is 6.10 Å². The fraction of sp³-hybridized carbons (Fsp3) is 0.667. The van der Waals surface area contributed by atoms with Crippen molar-refractivity contribution in [2.75, 3.05) is 5.33 Å². The van der Waals surface area contributed by atoms with Crippen LogP contribution in [-0.4, -0.2) is 25.7 Å². The van der Waals surface area contributed by atoms with Crippen molar-refractivity contribution < 1.29 is 5.11 Å². The van der Waals surface area contributed by atoms with Crippen molar-refractivity contribution in [2.24, 2.45) is 0 Å². The predicted molar refractivity (Wildman–Crippen MR) is 58.9 cm³/mol. The van der Waals surface area contributed by atoms with Crippen molar-refractivity contribution in [1.82, 2.24) is 9.13 Å². The second-order valence-electron chi connectivity index (χ2n) is 3.54. The van der Waals surface area contributed by atoms with Gasteiger partial charge in [-0.3, -0.25) is 9.13 Å². The van der Waals surface area contributed by atoms with E-state index >= 15 is 0 Å². The number of hydrogen-bond donors (Lipinski definition) is 1. The highest BCUT2D eigenvalue weighted by molar-refractivity contribution is 9.09. The molecule has 0 aliphatic rings. The zero-order valence-corrected chi connectivity index (χ0v) is 9.94. The minimum atomic E-state index is -0.518. The van der Waals surface area contributed by atoms with Crippen molar-refractivity contribution in [3.63, 3.8) is 0 Å². The Kier molecular flexibility index (Phi) is 3.95. The van der Waals surface area contributed by atoms with Crippen LogP contribution in [0, 0.1) is 0 Å². The van der Waals surface area contributed by atoms with Crippen LogP contribution in [0.3, 0.4) is 0 Å². The maximum absolute atomic E-state index is 11.7. The van der Waals surface area contributed by atoms with Gasteiger partial charge in [0.05, 0.1) is 12.6 Å². The Morgan fingerprint density at radius 1 is 1.50 bits per heavy atom. The number of nitrogens with zero attached hydrogens (tertiary/aromatic N) is 2. The van der Waals surface area contributed by atoms with Gasteiger partial charge in [0.25, 0.3) is 0 Å². The molecule has 0 amide bonds. The third-order valence-corrected chi connectivity index (χ3v) is 2.76. The summed E-state index contributed by atoms with van der Waals surface area (Å²) in [4.78, 5) is 11.7. The molecule has 0 saturated carbocycles. The topological polar surface area (TPSA) is 47.2 Å². The van der Waals surface area contributed by atoms with Crippen molar-refractivity contribution in [1.29, 1.82) is 0 Å². The fourth-order valence-electron chi connectivity index (χ4n) is 1.24. The van der Waals surface area contributed by atoms with Gasteiger partial charge in [-0.2, -0.15) is 0 Å². The highest BCUT2D eigenvalue weighted by Gasteiger charge is 2.09. The molecular weight excluding hydrogens is 248 g/mol. The number of halogens is 1. The number of alkyl halides is 1. The molecule has 0 radical (unpaired) electrons. The lowest BCUT2D eigenvalue weighted by Crippen LogP contribution is -2.29. The summed E-state index contributed by atoms with van der Waals surface area (Å²) in [5, 5.41) is 9.85. The number of hydrogen-bond acceptors (Lipinski definition) is 2. The Hall–Kier alpha value is -0.550. The molecule has 5 heteroatoms. The van der Waals surface area contributed by atoms with E-state index in [1.165, 1.54) is 4.57 Å². The molecule has 0 spiro atoms. The zero-order chi connectivity index (χ0) is 10.7. The van der Waals surface area contributed by atoms with E-state index in [1.54, 1.807) is 17.0 Å². The highest BCUT2D eigenvalue weighted by Crippen LogP contribution is 2.00. The van der Waals surface area contributed by atoms with Crippen LogP contribution < -0.4 is 5.69 Å². The van der Waals surface area contributed by atoms with Crippen LogP contribution in [0.1, 0.15) is 19.9 Å². The fourth-order valence-corrected chi connectivity index (χ4v) is 1.44. The van der Waals surface area contributed by atoms with Crippen LogP contribution in [0.2, 0.25) is 0 Å². The Morgan fingerprint density at radius 2 is 2.14 bits per heavy atom. The first-order chi connectivity index (χ1) is 6.56. The number of aliphatic hydroxyl groups excluding tert-OH is 1. The molecule has 0 aromatic carbocycles. The van der Waals surface area contributed by atoms with E-state index in [9.17, 15) is 9.90 Å². The minimum Gasteiger partial charge on any atom is -0.390 e. The van der Waals surface area contributed by atoms with Gasteiger partial charge in [-0.05, 0) is 13.8 Å². The number of aromatic nitrogens is 2. The Labute approximate surface area is 91.3 Å². The van der Waals surface area contributed by atoms with Gasteiger partial charge in [0.15, 0.2) is 0 Å². The molecule has 0 saturated heterocycles. The first-order valence-corrected chi connectivity index (χ1v) is 5.69. The molecule has 1 aromatic heterocycles. The van der Waals surface area contributed by atoms with Crippen LogP contribution in [0.15, 0.2) is 17.2 Å². The summed E-state index contributed by atoms with van der Waals surface area (Å²) in [7, 11) is 0. The van der Waals surface area contributed by atoms with Gasteiger partial charge in [0, 0.05) is 23.8 Å². The van der Waals surface area contributed by atoms with E-state index in [4.69, 9.17) is 0 Å². The molecule has 0 fully saturated rings. The van der Waals surface area contributed by atoms with Gasteiger partial charge >= 0.3 is 5.69 Å². The van der Waals surface area contributed by atoms with Crippen LogP contribution in [0.25, 0.3) is 0 Å². The maximum Gasteiger partial charge on any atom is 0.328 e. The molecule has 1 heterocycles. The Bertz CT molecular complexity index is 343. The molecule has 1 aromatic rings. The van der Waals surface area contributed by atoms with Gasteiger partial charge < -0.3 is 5.11 Å². The SMILES string of the molecule is CC(C)n1ccn(CC(O)CBr)c1=O. The molecule has 80 valence electrons. The molecule has 14 heavy (non-hydrogen) atoms. The molecule has 0 bridgehead atoms. The maximum atomic E-state index is 11.7. The third kappa shape index (κ3) is 2.48. The van der Waals surface area contributed by atoms with E-state index in [-0.39, 0.29) is 11.7 Å². The van der Waals surface area contributed by atoms with E-state index in [0.29, 0.717) is 11.9 Å². The lowest BCUT2D eigenvalue weighted by Gasteiger charge is -2.07. The van der Waals surface area contributed by atoms with E-state index in [1.807, 2.05) is 13.8 Å². The number of rotatable bonds is 4. The molecule has 0 aliphatic heterocycles. The second-order valence-corrected chi connectivity index (χ2v) is 4.19. The Morgan fingerprint density at radius 3 is 2.57 bits per heavy atom. The molecule has 4 nitrogen and oxygen atoms in total. The van der Waals surface area contributed by atoms with Crippen molar-refractivity contribution in [2.45, 2.75) is 32.5 Å². The smallest absolute Gasteiger partial charge is 0.328 e. The number of imidazole rings is 1. The summed E-state index contributed by atoms with van der Waals surface area (Å²) in [5.41, 5.74) is -0.0694. The quantitative estimate of drug-likeness (QED) is 0.823. The standard InChI is InChI=1S/C9H15BrN2O2/c1-7(2)12-4-3-11(9(12)14)6-8(13)5-10/h3-4,7-8,13H,5-6H2,1-2H3. The molecule has 0 aliphatic carbocycles. The third-order valence-electron chi connectivity index (χ3n) is 2.02. The van der Waals surface area contributed by atoms with Crippen LogP contribution >= 0.6 is 15.9 Å². The summed E-state index contributed by atoms with van der Waals surface area (Å²) in [6, 6.07) is 0.157. The summed E-state index contributed by atoms with van der Waals surface area (Å²) in [5.74, 6) is 0. The Balaban J connectivity index is 2.85. The second kappa shape index (κ2) is 4.79. The molecule has 1 atom stereocenters. The minimum absolute atomic E-state index is 0.0694. The highest BCUT2D eigenvalue weighted by atomic mass is 79.9. The normalized spacial score (nSPS) is 13.5. The van der Waals surface area contributed by atoms with Crippen molar-refractivity contribution in [3.8, 4) is 0 Å². The van der Waals surface area contributed by atoms with E-state index in [2.05, 4.69) is 15.9 Å². The molecule has 1 unspecified atom stereocenters. The monoisotopic (exact) mass is 262 g/mol. The van der Waals surface area contributed by atoms with Gasteiger partial charge in [-0.15, -0.1) is 0 Å². The molecule has 1 rings (SSSR count). The first-order valence-electron chi connectivity index (χ1n) is 4.57. The largest absolute Gasteiger partial charge is 0.390 e. The lowest BCUT2D eigenvalue weighted by atomic mass is 10.4. The zero-order valence-electron chi connectivity index (χ0n) is 8.35. The van der Waals surface area contributed by atoms with Gasteiger partial charge in [-0.25, -0.2) is 4.79 Å². The predicted octanol–water partition coefficient (Wildman–Crippen LogP) is 0.986. The first kappa shape index (κ1) is 11.5. The van der Waals surface area contributed by atoms with Gasteiger partial charge in [-0.1, -0.05) is 15.9 Å². The van der Waals surface area contributed by atoms with Crippen LogP contribution in [-0.2, 0) is 6.54 Å².